The minimum absolute atomic E-state index is 0.602. The zero-order valence-corrected chi connectivity index (χ0v) is 7.12. The maximum atomic E-state index is 12.9. The number of carboxylic acids is 1. The number of aliphatic carboxylic acids is 1. The molecule has 0 aliphatic carbocycles. The monoisotopic (exact) mass is 208 g/mol. The predicted octanol–water partition coefficient (Wildman–Crippen LogP) is 1.45. The van der Waals surface area contributed by atoms with Gasteiger partial charge in [-0.15, -0.1) is 0 Å². The van der Waals surface area contributed by atoms with Crippen LogP contribution in [0.3, 0.4) is 0 Å². The summed E-state index contributed by atoms with van der Waals surface area (Å²) < 4.78 is 38.3. The van der Waals surface area contributed by atoms with Gasteiger partial charge >= 0.3 is 5.97 Å². The van der Waals surface area contributed by atoms with E-state index in [2.05, 4.69) is 5.10 Å². The highest BCUT2D eigenvalue weighted by Crippen LogP contribution is 2.28. The van der Waals surface area contributed by atoms with Gasteiger partial charge in [0.05, 0.1) is 6.20 Å². The second kappa shape index (κ2) is 3.69. The molecule has 0 spiro atoms. The van der Waals surface area contributed by atoms with E-state index in [4.69, 9.17) is 5.11 Å². The fourth-order valence-electron chi connectivity index (χ4n) is 1.06. The van der Waals surface area contributed by atoms with Gasteiger partial charge in [0, 0.05) is 12.6 Å². The Bertz CT molecular complexity index is 351. The highest BCUT2D eigenvalue weighted by Gasteiger charge is 2.28. The number of aryl methyl sites for hydroxylation is 1. The van der Waals surface area contributed by atoms with Gasteiger partial charge in [0.1, 0.15) is 5.69 Å². The Morgan fingerprint density at radius 3 is 2.57 bits per heavy atom. The summed E-state index contributed by atoms with van der Waals surface area (Å²) in [6.07, 6.45) is -4.62. The van der Waals surface area contributed by atoms with Crippen molar-refractivity contribution in [3.8, 4) is 0 Å². The summed E-state index contributed by atoms with van der Waals surface area (Å²) in [5.41, 5.74) is -1.31. The number of aromatic nitrogens is 2. The van der Waals surface area contributed by atoms with Crippen LogP contribution in [-0.4, -0.2) is 20.9 Å². The Morgan fingerprint density at radius 2 is 2.14 bits per heavy atom. The molecule has 0 radical (unpaired) electrons. The summed E-state index contributed by atoms with van der Waals surface area (Å²) in [6.45, 7) is 0. The summed E-state index contributed by atoms with van der Waals surface area (Å²) in [6, 6.07) is 0. The van der Waals surface area contributed by atoms with E-state index in [0.29, 0.717) is 0 Å². The zero-order chi connectivity index (χ0) is 10.9. The molecule has 0 amide bonds. The topological polar surface area (TPSA) is 55.1 Å². The Morgan fingerprint density at radius 1 is 1.57 bits per heavy atom. The van der Waals surface area contributed by atoms with Gasteiger partial charge in [-0.25, -0.2) is 18.0 Å². The first kappa shape index (κ1) is 10.6. The van der Waals surface area contributed by atoms with Gasteiger partial charge in [-0.1, -0.05) is 0 Å². The molecule has 1 heterocycles. The lowest BCUT2D eigenvalue weighted by Gasteiger charge is -2.05. The number of alkyl halides is 3. The molecule has 1 atom stereocenters. The van der Waals surface area contributed by atoms with Crippen LogP contribution in [0.2, 0.25) is 0 Å². The van der Waals surface area contributed by atoms with E-state index < -0.39 is 29.8 Å². The predicted molar refractivity (Wildman–Crippen MR) is 39.6 cm³/mol. The number of nitrogens with zero attached hydrogens (tertiary/aromatic N) is 2. The Balaban J connectivity index is 3.15. The van der Waals surface area contributed by atoms with Crippen LogP contribution in [0.5, 0.6) is 0 Å². The van der Waals surface area contributed by atoms with E-state index >= 15 is 0 Å². The van der Waals surface area contributed by atoms with E-state index in [1.807, 2.05) is 0 Å². The molecule has 0 aliphatic rings. The molecule has 0 fully saturated rings. The van der Waals surface area contributed by atoms with Gasteiger partial charge in [-0.3, -0.25) is 4.68 Å². The smallest absolute Gasteiger partial charge is 0.343 e. The largest absolute Gasteiger partial charge is 0.479 e. The maximum absolute atomic E-state index is 12.9. The lowest BCUT2D eigenvalue weighted by molar-refractivity contribution is -0.143. The summed E-state index contributed by atoms with van der Waals surface area (Å²) >= 11 is 0. The van der Waals surface area contributed by atoms with Crippen molar-refractivity contribution in [2.75, 3.05) is 0 Å². The number of carbonyl (C=O) groups is 1. The van der Waals surface area contributed by atoms with Gasteiger partial charge in [0.2, 0.25) is 6.17 Å². The van der Waals surface area contributed by atoms with Crippen LogP contribution in [0.25, 0.3) is 0 Å². The number of halogens is 3. The van der Waals surface area contributed by atoms with Crippen LogP contribution < -0.4 is 0 Å². The van der Waals surface area contributed by atoms with E-state index in [0.717, 1.165) is 10.9 Å². The molecule has 4 nitrogen and oxygen atoms in total. The molecule has 0 bridgehead atoms. The fraction of sp³-hybridized carbons (Fsp3) is 0.429. The van der Waals surface area contributed by atoms with Crippen LogP contribution in [0.15, 0.2) is 6.20 Å². The molecule has 1 aromatic heterocycles. The molecule has 0 saturated heterocycles. The van der Waals surface area contributed by atoms with Crippen LogP contribution >= 0.6 is 0 Å². The number of rotatable bonds is 3. The lowest BCUT2D eigenvalue weighted by atomic mass is 10.1. The Labute approximate surface area is 77.0 Å². The fourth-order valence-corrected chi connectivity index (χ4v) is 1.06. The molecule has 1 rings (SSSR count). The Hall–Kier alpha value is -1.53. The molecule has 1 aromatic rings. The van der Waals surface area contributed by atoms with Crippen molar-refractivity contribution in [1.82, 2.24) is 9.78 Å². The van der Waals surface area contributed by atoms with Crippen molar-refractivity contribution in [3.63, 3.8) is 0 Å². The van der Waals surface area contributed by atoms with Gasteiger partial charge in [-0.05, 0) is 0 Å². The molecule has 14 heavy (non-hydrogen) atoms. The molecule has 0 saturated carbocycles. The third-order valence-corrected chi connectivity index (χ3v) is 1.71. The lowest BCUT2D eigenvalue weighted by Crippen LogP contribution is -2.09. The number of hydrogen-bond acceptors (Lipinski definition) is 2. The van der Waals surface area contributed by atoms with Crippen molar-refractivity contribution >= 4 is 5.97 Å². The molecule has 1 unspecified atom stereocenters. The standard InChI is InChI=1S/C7H7F3N2O2/c1-12-5(6(9)10)3(2-11-12)4(8)7(13)14/h2,4,6H,1H3,(H,13,14). The molecular formula is C7H7F3N2O2. The van der Waals surface area contributed by atoms with Crippen molar-refractivity contribution in [3.05, 3.63) is 17.5 Å². The van der Waals surface area contributed by atoms with Crippen LogP contribution in [0, 0.1) is 0 Å². The highest BCUT2D eigenvalue weighted by molar-refractivity contribution is 5.74. The second-order valence-electron chi connectivity index (χ2n) is 2.61. The molecule has 0 aliphatic heterocycles. The molecular weight excluding hydrogens is 201 g/mol. The van der Waals surface area contributed by atoms with Crippen molar-refractivity contribution in [1.29, 1.82) is 0 Å². The Kier molecular flexibility index (Phi) is 2.78. The minimum atomic E-state index is -2.95. The summed E-state index contributed by atoms with van der Waals surface area (Å²) in [5.74, 6) is -1.81. The molecule has 7 heteroatoms. The summed E-state index contributed by atoms with van der Waals surface area (Å²) in [5, 5.41) is 11.7. The first-order valence-electron chi connectivity index (χ1n) is 3.62. The van der Waals surface area contributed by atoms with Gasteiger partial charge in [0.25, 0.3) is 6.43 Å². The molecule has 0 aromatic carbocycles. The van der Waals surface area contributed by atoms with Gasteiger partial charge < -0.3 is 5.11 Å². The van der Waals surface area contributed by atoms with Crippen molar-refractivity contribution in [2.45, 2.75) is 12.6 Å². The second-order valence-corrected chi connectivity index (χ2v) is 2.61. The first-order chi connectivity index (χ1) is 6.45. The normalized spacial score (nSPS) is 13.2. The highest BCUT2D eigenvalue weighted by atomic mass is 19.3. The first-order valence-corrected chi connectivity index (χ1v) is 3.62. The third-order valence-electron chi connectivity index (χ3n) is 1.71. The van der Waals surface area contributed by atoms with Crippen molar-refractivity contribution in [2.24, 2.45) is 7.05 Å². The molecule has 78 valence electrons. The average Bonchev–Trinajstić information content (AvgIpc) is 2.45. The third kappa shape index (κ3) is 1.70. The molecule has 1 N–H and O–H groups in total. The van der Waals surface area contributed by atoms with E-state index in [1.165, 1.54) is 7.05 Å². The quantitative estimate of drug-likeness (QED) is 0.817. The van der Waals surface area contributed by atoms with E-state index in [-0.39, 0.29) is 0 Å². The van der Waals surface area contributed by atoms with Crippen LogP contribution in [0.1, 0.15) is 23.9 Å². The maximum Gasteiger partial charge on any atom is 0.343 e. The minimum Gasteiger partial charge on any atom is -0.479 e. The summed E-state index contributed by atoms with van der Waals surface area (Å²) in [4.78, 5) is 10.2. The van der Waals surface area contributed by atoms with E-state index in [1.54, 1.807) is 0 Å². The van der Waals surface area contributed by atoms with Gasteiger partial charge in [0.15, 0.2) is 0 Å². The average molecular weight is 208 g/mol. The van der Waals surface area contributed by atoms with Crippen LogP contribution in [-0.2, 0) is 11.8 Å². The van der Waals surface area contributed by atoms with Gasteiger partial charge in [-0.2, -0.15) is 5.10 Å². The van der Waals surface area contributed by atoms with Crippen LogP contribution in [0.4, 0.5) is 13.2 Å². The number of carboxylic acid groups (broad SMARTS) is 1. The zero-order valence-electron chi connectivity index (χ0n) is 7.12. The summed E-state index contributed by atoms with van der Waals surface area (Å²) in [7, 11) is 1.19. The number of hydrogen-bond donors (Lipinski definition) is 1. The van der Waals surface area contributed by atoms with E-state index in [9.17, 15) is 18.0 Å². The van der Waals surface area contributed by atoms with Crippen molar-refractivity contribution < 1.29 is 23.1 Å². The SMILES string of the molecule is Cn1ncc(C(F)C(=O)O)c1C(F)F.